The van der Waals surface area contributed by atoms with Gasteiger partial charge in [0.2, 0.25) is 0 Å². The van der Waals surface area contributed by atoms with Gasteiger partial charge in [-0.15, -0.1) is 0 Å². The third-order valence-electron chi connectivity index (χ3n) is 14.2. The Morgan fingerprint density at radius 3 is 1.45 bits per heavy atom. The molecule has 0 saturated heterocycles. The smallest absolute Gasteiger partial charge is 0.143 e. The number of rotatable bonds is 9. The van der Waals surface area contributed by atoms with Crippen LogP contribution in [0.2, 0.25) is 0 Å². The molecule has 0 saturated carbocycles. The molecule has 0 aliphatic heterocycles. The van der Waals surface area contributed by atoms with Gasteiger partial charge in [0, 0.05) is 33.3 Å². The lowest BCUT2D eigenvalue weighted by Crippen LogP contribution is -2.28. The molecule has 2 nitrogen and oxygen atoms in total. The van der Waals surface area contributed by atoms with Crippen molar-refractivity contribution in [3.05, 3.63) is 295 Å². The van der Waals surface area contributed by atoms with Gasteiger partial charge in [0.25, 0.3) is 0 Å². The van der Waals surface area contributed by atoms with Crippen molar-refractivity contribution < 1.29 is 4.42 Å². The Morgan fingerprint density at radius 1 is 0.290 bits per heavy atom. The maximum Gasteiger partial charge on any atom is 0.143 e. The van der Waals surface area contributed by atoms with Crippen LogP contribution in [0.3, 0.4) is 0 Å². The number of benzene rings is 11. The van der Waals surface area contributed by atoms with E-state index in [0.717, 1.165) is 61.3 Å². The van der Waals surface area contributed by atoms with Crippen molar-refractivity contribution in [1.29, 1.82) is 0 Å². The average molecular weight is 880 g/mol. The summed E-state index contributed by atoms with van der Waals surface area (Å²) in [4.78, 5) is 2.45. The molecule has 0 unspecified atom stereocenters. The predicted octanol–water partition coefficient (Wildman–Crippen LogP) is 18.1. The molecule has 0 radical (unpaired) electrons. The van der Waals surface area contributed by atoms with Gasteiger partial charge in [0.05, 0.1) is 11.1 Å². The van der Waals surface area contributed by atoms with Crippen molar-refractivity contribution in [2.24, 2.45) is 0 Å². The monoisotopic (exact) mass is 879 g/mol. The lowest BCUT2D eigenvalue weighted by atomic mass is 9.67. The highest BCUT2D eigenvalue weighted by molar-refractivity contribution is 6.09. The van der Waals surface area contributed by atoms with E-state index in [4.69, 9.17) is 4.42 Å². The first-order chi connectivity index (χ1) is 34.2. The molecular weight excluding hydrogens is 835 g/mol. The van der Waals surface area contributed by atoms with E-state index in [1.165, 1.54) is 55.6 Å². The van der Waals surface area contributed by atoms with Crippen LogP contribution in [-0.4, -0.2) is 0 Å². The van der Waals surface area contributed by atoms with Crippen LogP contribution in [0.4, 0.5) is 17.1 Å². The third kappa shape index (κ3) is 6.72. The fourth-order valence-electron chi connectivity index (χ4n) is 11.0. The normalized spacial score (nSPS) is 12.5. The quantitative estimate of drug-likeness (QED) is 0.144. The average Bonchev–Trinajstić information content (AvgIpc) is 3.96. The molecule has 1 aliphatic rings. The molecule has 1 aromatic heterocycles. The summed E-state index contributed by atoms with van der Waals surface area (Å²) in [7, 11) is 0. The number of fused-ring (bicyclic) bond motifs is 6. The molecule has 12 aromatic rings. The molecule has 0 fully saturated rings. The summed E-state index contributed by atoms with van der Waals surface area (Å²) in [5, 5.41) is 2.25. The van der Waals surface area contributed by atoms with Crippen LogP contribution in [0.5, 0.6) is 0 Å². The molecule has 13 rings (SSSR count). The summed E-state index contributed by atoms with van der Waals surface area (Å²) < 4.78 is 6.54. The Labute approximate surface area is 402 Å². The standard InChI is InChI=1S/C67H45NO/c1-5-18-46(19-6-1)48-32-34-49(35-33-48)56-26-13-15-30-64(56)68(54-39-36-50(37-40-54)57-28-17-29-61-60-27-14-16-31-65(60)69-66(57)61)55-41-43-59-58-42-38-51(47-20-7-2-8-21-47)44-62(58)67(63(59)45-55,52-22-9-3-10-23-52)53-24-11-4-12-25-53/h1-45H. The first-order valence-corrected chi connectivity index (χ1v) is 23.7. The van der Waals surface area contributed by atoms with E-state index in [1.54, 1.807) is 0 Å². The van der Waals surface area contributed by atoms with Gasteiger partial charge >= 0.3 is 0 Å². The van der Waals surface area contributed by atoms with Crippen molar-refractivity contribution in [1.82, 2.24) is 0 Å². The minimum absolute atomic E-state index is 0.610. The number of furan rings is 1. The summed E-state index contributed by atoms with van der Waals surface area (Å²) in [6.07, 6.45) is 0. The Bertz CT molecular complexity index is 3760. The zero-order valence-electron chi connectivity index (χ0n) is 37.8. The largest absolute Gasteiger partial charge is 0.455 e. The number of hydrogen-bond acceptors (Lipinski definition) is 2. The van der Waals surface area contributed by atoms with Gasteiger partial charge in [-0.25, -0.2) is 0 Å². The highest BCUT2D eigenvalue weighted by atomic mass is 16.3. The van der Waals surface area contributed by atoms with Crippen LogP contribution < -0.4 is 4.90 Å². The van der Waals surface area contributed by atoms with Crippen LogP contribution in [-0.2, 0) is 5.41 Å². The van der Waals surface area contributed by atoms with E-state index in [1.807, 2.05) is 12.1 Å². The lowest BCUT2D eigenvalue weighted by Gasteiger charge is -2.35. The Balaban J connectivity index is 1.03. The van der Waals surface area contributed by atoms with E-state index in [-0.39, 0.29) is 0 Å². The molecule has 0 spiro atoms. The van der Waals surface area contributed by atoms with Crippen LogP contribution >= 0.6 is 0 Å². The van der Waals surface area contributed by atoms with Crippen molar-refractivity contribution in [3.63, 3.8) is 0 Å². The topological polar surface area (TPSA) is 16.4 Å². The second-order valence-corrected chi connectivity index (χ2v) is 18.0. The van der Waals surface area contributed by atoms with Crippen molar-refractivity contribution in [2.45, 2.75) is 5.41 Å². The summed E-state index contributed by atoms with van der Waals surface area (Å²) in [5.74, 6) is 0. The van der Waals surface area contributed by atoms with Crippen molar-refractivity contribution >= 4 is 39.0 Å². The van der Waals surface area contributed by atoms with Gasteiger partial charge in [0.1, 0.15) is 11.2 Å². The van der Waals surface area contributed by atoms with Crippen molar-refractivity contribution in [3.8, 4) is 55.6 Å². The molecule has 1 aliphatic carbocycles. The van der Waals surface area contributed by atoms with E-state index < -0.39 is 5.41 Å². The fourth-order valence-corrected chi connectivity index (χ4v) is 11.0. The van der Waals surface area contributed by atoms with Crippen LogP contribution in [0.1, 0.15) is 22.3 Å². The molecule has 0 bridgehead atoms. The Kier molecular flexibility index (Phi) is 9.77. The molecular formula is C67H45NO. The van der Waals surface area contributed by atoms with E-state index in [9.17, 15) is 0 Å². The van der Waals surface area contributed by atoms with Gasteiger partial charge in [0.15, 0.2) is 0 Å². The SMILES string of the molecule is c1ccc(-c2ccc(-c3ccccc3N(c3ccc(-c4cccc5c4oc4ccccc45)cc3)c3ccc4c(c3)C(c3ccccc3)(c3ccccc3)c3cc(-c5ccccc5)ccc3-4)cc2)cc1. The molecule has 11 aromatic carbocycles. The number of hydrogen-bond donors (Lipinski definition) is 0. The van der Waals surface area contributed by atoms with E-state index >= 15 is 0 Å². The predicted molar refractivity (Wildman–Crippen MR) is 287 cm³/mol. The lowest BCUT2D eigenvalue weighted by molar-refractivity contribution is 0.670. The molecule has 69 heavy (non-hydrogen) atoms. The summed E-state index contributed by atoms with van der Waals surface area (Å²) in [5.41, 5.74) is 21.1. The van der Waals surface area contributed by atoms with E-state index in [0.29, 0.717) is 0 Å². The van der Waals surface area contributed by atoms with Crippen molar-refractivity contribution in [2.75, 3.05) is 4.90 Å². The highest BCUT2D eigenvalue weighted by Gasteiger charge is 2.46. The van der Waals surface area contributed by atoms with Crippen LogP contribution in [0.15, 0.2) is 277 Å². The highest BCUT2D eigenvalue weighted by Crippen LogP contribution is 2.58. The zero-order chi connectivity index (χ0) is 45.7. The molecule has 1 heterocycles. The van der Waals surface area contributed by atoms with Gasteiger partial charge in [-0.1, -0.05) is 231 Å². The molecule has 324 valence electrons. The molecule has 2 heteroatoms. The third-order valence-corrected chi connectivity index (χ3v) is 14.2. The number of nitrogens with zero attached hydrogens (tertiary/aromatic N) is 1. The maximum absolute atomic E-state index is 6.54. The summed E-state index contributed by atoms with van der Waals surface area (Å²) in [6, 6.07) is 99.4. The molecule has 0 N–H and O–H groups in total. The minimum Gasteiger partial charge on any atom is -0.455 e. The minimum atomic E-state index is -0.610. The molecule has 0 atom stereocenters. The zero-order valence-corrected chi connectivity index (χ0v) is 37.8. The second-order valence-electron chi connectivity index (χ2n) is 18.0. The number of para-hydroxylation sites is 3. The first kappa shape index (κ1) is 40.3. The summed E-state index contributed by atoms with van der Waals surface area (Å²) >= 11 is 0. The maximum atomic E-state index is 6.54. The van der Waals surface area contributed by atoms with Crippen LogP contribution in [0.25, 0.3) is 77.6 Å². The molecule has 0 amide bonds. The Hall–Kier alpha value is -8.98. The van der Waals surface area contributed by atoms with Crippen LogP contribution in [0, 0.1) is 0 Å². The Morgan fingerprint density at radius 2 is 0.754 bits per heavy atom. The van der Waals surface area contributed by atoms with Gasteiger partial charge < -0.3 is 9.32 Å². The number of anilines is 3. The first-order valence-electron chi connectivity index (χ1n) is 23.7. The van der Waals surface area contributed by atoms with Gasteiger partial charge in [-0.05, 0) is 109 Å². The fraction of sp³-hybridized carbons (Fsp3) is 0.0149. The van der Waals surface area contributed by atoms with E-state index in [2.05, 4.69) is 266 Å². The second kappa shape index (κ2) is 16.7. The summed E-state index contributed by atoms with van der Waals surface area (Å²) in [6.45, 7) is 0. The van der Waals surface area contributed by atoms with Gasteiger partial charge in [-0.2, -0.15) is 0 Å². The van der Waals surface area contributed by atoms with Gasteiger partial charge in [-0.3, -0.25) is 0 Å².